The smallest absolute Gasteiger partial charge is 0.328 e. The fourth-order valence-corrected chi connectivity index (χ4v) is 1.52. The van der Waals surface area contributed by atoms with Gasteiger partial charge in [-0.25, -0.2) is 4.79 Å². The van der Waals surface area contributed by atoms with Crippen LogP contribution in [0, 0.1) is 0 Å². The van der Waals surface area contributed by atoms with E-state index in [1.54, 1.807) is 20.8 Å². The van der Waals surface area contributed by atoms with Gasteiger partial charge in [0.2, 0.25) is 11.8 Å². The molecule has 0 saturated heterocycles. The summed E-state index contributed by atoms with van der Waals surface area (Å²) in [5, 5.41) is 4.92. The van der Waals surface area contributed by atoms with Crippen molar-refractivity contribution in [3.05, 3.63) is 0 Å². The molecule has 0 aromatic rings. The van der Waals surface area contributed by atoms with Crippen molar-refractivity contribution < 1.29 is 23.9 Å². The summed E-state index contributed by atoms with van der Waals surface area (Å²) in [5.41, 5.74) is -0.619. The van der Waals surface area contributed by atoms with Crippen LogP contribution in [0.3, 0.4) is 0 Å². The van der Waals surface area contributed by atoms with Crippen molar-refractivity contribution in [1.29, 1.82) is 0 Å². The van der Waals surface area contributed by atoms with E-state index in [-0.39, 0.29) is 18.9 Å². The molecular weight excluding hydrogens is 288 g/mol. The molecule has 0 aromatic carbocycles. The van der Waals surface area contributed by atoms with Crippen molar-refractivity contribution in [3.8, 4) is 0 Å². The molecule has 0 heterocycles. The first-order valence-corrected chi connectivity index (χ1v) is 7.38. The second-order valence-corrected chi connectivity index (χ2v) is 6.01. The molecule has 0 aromatic heterocycles. The topological polar surface area (TPSA) is 102 Å². The maximum atomic E-state index is 11.7. The molecular formula is C15H26N2O5. The number of unbranched alkanes of at least 4 members (excludes halogenated alkanes) is 2. The molecule has 2 amide bonds. The van der Waals surface area contributed by atoms with E-state index in [1.807, 2.05) is 0 Å². The van der Waals surface area contributed by atoms with Crippen molar-refractivity contribution in [2.75, 3.05) is 6.54 Å². The highest BCUT2D eigenvalue weighted by atomic mass is 16.6. The molecule has 0 aliphatic rings. The van der Waals surface area contributed by atoms with Crippen LogP contribution in [0.25, 0.3) is 0 Å². The normalized spacial score (nSPS) is 12.2. The van der Waals surface area contributed by atoms with Crippen LogP contribution in [0.15, 0.2) is 0 Å². The third-order valence-electron chi connectivity index (χ3n) is 2.56. The van der Waals surface area contributed by atoms with E-state index in [0.29, 0.717) is 19.3 Å². The quantitative estimate of drug-likeness (QED) is 0.371. The van der Waals surface area contributed by atoms with Gasteiger partial charge in [-0.15, -0.1) is 0 Å². The zero-order valence-corrected chi connectivity index (χ0v) is 13.7. The van der Waals surface area contributed by atoms with Gasteiger partial charge >= 0.3 is 5.97 Å². The molecule has 0 aliphatic heterocycles. The lowest BCUT2D eigenvalue weighted by Crippen LogP contribution is -2.46. The maximum Gasteiger partial charge on any atom is 0.328 e. The SMILES string of the molecule is CC(NC(=O)CNC(=O)CCCCC=O)C(=O)OC(C)(C)C. The van der Waals surface area contributed by atoms with Gasteiger partial charge in [-0.2, -0.15) is 0 Å². The van der Waals surface area contributed by atoms with Crippen LogP contribution in [-0.4, -0.2) is 42.3 Å². The van der Waals surface area contributed by atoms with Crippen LogP contribution in [0.2, 0.25) is 0 Å². The van der Waals surface area contributed by atoms with Crippen LogP contribution < -0.4 is 10.6 Å². The number of esters is 1. The number of amides is 2. The lowest BCUT2D eigenvalue weighted by molar-refractivity contribution is -0.158. The van der Waals surface area contributed by atoms with E-state index < -0.39 is 23.5 Å². The molecule has 0 rings (SSSR count). The number of carbonyl (C=O) groups excluding carboxylic acids is 4. The Hall–Kier alpha value is -1.92. The molecule has 0 radical (unpaired) electrons. The predicted molar refractivity (Wildman–Crippen MR) is 81.0 cm³/mol. The average molecular weight is 314 g/mol. The molecule has 0 bridgehead atoms. The fraction of sp³-hybridized carbons (Fsp3) is 0.733. The fourth-order valence-electron chi connectivity index (χ4n) is 1.52. The van der Waals surface area contributed by atoms with Crippen molar-refractivity contribution in [3.63, 3.8) is 0 Å². The number of nitrogens with one attached hydrogen (secondary N) is 2. The molecule has 1 unspecified atom stereocenters. The number of aldehydes is 1. The molecule has 22 heavy (non-hydrogen) atoms. The molecule has 0 fully saturated rings. The highest BCUT2D eigenvalue weighted by Gasteiger charge is 2.22. The highest BCUT2D eigenvalue weighted by Crippen LogP contribution is 2.08. The van der Waals surface area contributed by atoms with Gasteiger partial charge in [0, 0.05) is 12.8 Å². The summed E-state index contributed by atoms with van der Waals surface area (Å²) in [6.45, 7) is 6.55. The van der Waals surface area contributed by atoms with E-state index in [0.717, 1.165) is 6.29 Å². The Morgan fingerprint density at radius 1 is 1.14 bits per heavy atom. The van der Waals surface area contributed by atoms with Gasteiger partial charge in [-0.1, -0.05) is 0 Å². The number of rotatable bonds is 9. The first kappa shape index (κ1) is 20.1. The van der Waals surface area contributed by atoms with Crippen LogP contribution >= 0.6 is 0 Å². The number of hydrogen-bond donors (Lipinski definition) is 2. The largest absolute Gasteiger partial charge is 0.458 e. The van der Waals surface area contributed by atoms with E-state index in [2.05, 4.69) is 10.6 Å². The van der Waals surface area contributed by atoms with Gasteiger partial charge in [0.25, 0.3) is 0 Å². The van der Waals surface area contributed by atoms with Gasteiger partial charge < -0.3 is 20.2 Å². The molecule has 1 atom stereocenters. The number of hydrogen-bond acceptors (Lipinski definition) is 5. The first-order valence-electron chi connectivity index (χ1n) is 7.38. The Morgan fingerprint density at radius 3 is 2.32 bits per heavy atom. The third kappa shape index (κ3) is 10.8. The van der Waals surface area contributed by atoms with Gasteiger partial charge in [0.1, 0.15) is 17.9 Å². The summed E-state index contributed by atoms with van der Waals surface area (Å²) < 4.78 is 5.13. The molecule has 0 aliphatic carbocycles. The summed E-state index contributed by atoms with van der Waals surface area (Å²) >= 11 is 0. The minimum absolute atomic E-state index is 0.195. The Kier molecular flexibility index (Phi) is 9.05. The van der Waals surface area contributed by atoms with Crippen molar-refractivity contribution in [2.24, 2.45) is 0 Å². The van der Waals surface area contributed by atoms with Crippen molar-refractivity contribution in [2.45, 2.75) is 65.0 Å². The van der Waals surface area contributed by atoms with Gasteiger partial charge in [0.15, 0.2) is 0 Å². The molecule has 7 nitrogen and oxygen atoms in total. The second-order valence-electron chi connectivity index (χ2n) is 6.01. The standard InChI is InChI=1S/C15H26N2O5/c1-11(14(21)22-15(2,3)4)17-13(20)10-16-12(19)8-6-5-7-9-18/h9,11H,5-8,10H2,1-4H3,(H,16,19)(H,17,20). The third-order valence-corrected chi connectivity index (χ3v) is 2.56. The molecule has 2 N–H and O–H groups in total. The molecule has 7 heteroatoms. The van der Waals surface area contributed by atoms with E-state index in [1.165, 1.54) is 6.92 Å². The zero-order chi connectivity index (χ0) is 17.2. The minimum atomic E-state index is -0.781. The van der Waals surface area contributed by atoms with E-state index >= 15 is 0 Å². The van der Waals surface area contributed by atoms with E-state index in [9.17, 15) is 19.2 Å². The van der Waals surface area contributed by atoms with Gasteiger partial charge in [0.05, 0.1) is 6.54 Å². The zero-order valence-electron chi connectivity index (χ0n) is 13.7. The lowest BCUT2D eigenvalue weighted by atomic mass is 10.2. The van der Waals surface area contributed by atoms with Gasteiger partial charge in [-0.3, -0.25) is 9.59 Å². The number of ether oxygens (including phenoxy) is 1. The maximum absolute atomic E-state index is 11.7. The minimum Gasteiger partial charge on any atom is -0.458 e. The highest BCUT2D eigenvalue weighted by molar-refractivity contribution is 5.88. The Morgan fingerprint density at radius 2 is 1.77 bits per heavy atom. The summed E-state index contributed by atoms with van der Waals surface area (Å²) in [7, 11) is 0. The Balaban J connectivity index is 3.95. The lowest BCUT2D eigenvalue weighted by Gasteiger charge is -2.22. The Labute approximate surface area is 131 Å². The molecule has 126 valence electrons. The van der Waals surface area contributed by atoms with Crippen LogP contribution in [0.1, 0.15) is 53.4 Å². The number of carbonyl (C=O) groups is 4. The monoisotopic (exact) mass is 314 g/mol. The predicted octanol–water partition coefficient (Wildman–Crippen LogP) is 0.708. The summed E-state index contributed by atoms with van der Waals surface area (Å²) in [6, 6.07) is -0.781. The average Bonchev–Trinajstić information content (AvgIpc) is 2.39. The first-order chi connectivity index (χ1) is 10.2. The van der Waals surface area contributed by atoms with Crippen LogP contribution in [0.5, 0.6) is 0 Å². The summed E-state index contributed by atoms with van der Waals surface area (Å²) in [6.07, 6.45) is 2.76. The van der Waals surface area contributed by atoms with Crippen LogP contribution in [-0.2, 0) is 23.9 Å². The van der Waals surface area contributed by atoms with Crippen molar-refractivity contribution in [1.82, 2.24) is 10.6 Å². The Bertz CT molecular complexity index is 401. The summed E-state index contributed by atoms with van der Waals surface area (Å²) in [4.78, 5) is 44.9. The molecule has 0 saturated carbocycles. The van der Waals surface area contributed by atoms with Gasteiger partial charge in [-0.05, 0) is 40.5 Å². The molecule has 0 spiro atoms. The second kappa shape index (κ2) is 9.92. The van der Waals surface area contributed by atoms with Crippen LogP contribution in [0.4, 0.5) is 0 Å². The summed E-state index contributed by atoms with van der Waals surface area (Å²) in [5.74, 6) is -1.24. The van der Waals surface area contributed by atoms with Crippen molar-refractivity contribution >= 4 is 24.1 Å². The van der Waals surface area contributed by atoms with E-state index in [4.69, 9.17) is 4.74 Å².